The van der Waals surface area contributed by atoms with Crippen LogP contribution in [0.3, 0.4) is 0 Å². The third-order valence-electron chi connectivity index (χ3n) is 3.18. The van der Waals surface area contributed by atoms with Crippen molar-refractivity contribution in [1.29, 1.82) is 0 Å². The summed E-state index contributed by atoms with van der Waals surface area (Å²) in [5.74, 6) is 1.03. The number of nitro benzene ring substituents is 1. The van der Waals surface area contributed by atoms with Crippen molar-refractivity contribution in [2.45, 2.75) is 26.7 Å². The number of rotatable bonds is 7. The molecule has 0 saturated carbocycles. The van der Waals surface area contributed by atoms with E-state index in [0.29, 0.717) is 29.2 Å². The van der Waals surface area contributed by atoms with E-state index in [1.807, 2.05) is 0 Å². The number of para-hydroxylation sites is 1. The number of hydrogen-bond acceptors (Lipinski definition) is 5. The van der Waals surface area contributed by atoms with Crippen LogP contribution in [0.2, 0.25) is 0 Å². The summed E-state index contributed by atoms with van der Waals surface area (Å²) in [4.78, 5) is 15.0. The van der Waals surface area contributed by atoms with E-state index in [2.05, 4.69) is 17.2 Å². The van der Waals surface area contributed by atoms with Gasteiger partial charge in [0.1, 0.15) is 0 Å². The molecule has 0 unspecified atom stereocenters. The molecule has 0 fully saturated rings. The van der Waals surface area contributed by atoms with Crippen molar-refractivity contribution in [1.82, 2.24) is 10.3 Å². The van der Waals surface area contributed by atoms with Gasteiger partial charge in [-0.3, -0.25) is 10.1 Å². The van der Waals surface area contributed by atoms with Gasteiger partial charge >= 0.3 is 0 Å². The van der Waals surface area contributed by atoms with Gasteiger partial charge in [0, 0.05) is 18.5 Å². The van der Waals surface area contributed by atoms with Gasteiger partial charge in [0.15, 0.2) is 11.7 Å². The van der Waals surface area contributed by atoms with Gasteiger partial charge < -0.3 is 9.73 Å². The Morgan fingerprint density at radius 2 is 2.19 bits per heavy atom. The molecule has 21 heavy (non-hydrogen) atoms. The molecule has 1 N–H and O–H groups in total. The van der Waals surface area contributed by atoms with Crippen LogP contribution in [0.5, 0.6) is 0 Å². The quantitative estimate of drug-likeness (QED) is 0.481. The number of aromatic nitrogens is 1. The standard InChI is InChI=1S/C15H19N3O3/c1-3-8-16-9-7-14-17-10-13(21-14)12-6-4-5-11(2)15(12)18(19)20/h4-6,10,16H,3,7-9H2,1-2H3. The molecule has 1 aromatic carbocycles. The lowest BCUT2D eigenvalue weighted by molar-refractivity contribution is -0.384. The molecule has 1 heterocycles. The molecule has 0 aliphatic carbocycles. The van der Waals surface area contributed by atoms with E-state index >= 15 is 0 Å². The maximum absolute atomic E-state index is 11.2. The number of hydrogen-bond donors (Lipinski definition) is 1. The van der Waals surface area contributed by atoms with Crippen LogP contribution in [0.25, 0.3) is 11.3 Å². The van der Waals surface area contributed by atoms with Crippen molar-refractivity contribution in [2.24, 2.45) is 0 Å². The van der Waals surface area contributed by atoms with Crippen molar-refractivity contribution >= 4 is 5.69 Å². The molecule has 2 rings (SSSR count). The number of nitrogens with one attached hydrogen (secondary N) is 1. The molecule has 0 amide bonds. The molecule has 0 radical (unpaired) electrons. The van der Waals surface area contributed by atoms with Crippen molar-refractivity contribution < 1.29 is 9.34 Å². The van der Waals surface area contributed by atoms with Crippen LogP contribution >= 0.6 is 0 Å². The fourth-order valence-electron chi connectivity index (χ4n) is 2.15. The largest absolute Gasteiger partial charge is 0.440 e. The normalized spacial score (nSPS) is 10.8. The number of oxazole rings is 1. The van der Waals surface area contributed by atoms with Crippen LogP contribution in [0.1, 0.15) is 24.8 Å². The Balaban J connectivity index is 2.18. The first-order valence-electron chi connectivity index (χ1n) is 7.03. The molecule has 1 aromatic heterocycles. The Hall–Kier alpha value is -2.21. The van der Waals surface area contributed by atoms with E-state index in [-0.39, 0.29) is 10.6 Å². The Morgan fingerprint density at radius 1 is 1.38 bits per heavy atom. The van der Waals surface area contributed by atoms with Crippen molar-refractivity contribution in [3.63, 3.8) is 0 Å². The van der Waals surface area contributed by atoms with E-state index in [1.54, 1.807) is 31.3 Å². The predicted octanol–water partition coefficient (Wildman–Crippen LogP) is 3.10. The predicted molar refractivity (Wildman–Crippen MR) is 80.2 cm³/mol. The molecular formula is C15H19N3O3. The third kappa shape index (κ3) is 3.66. The van der Waals surface area contributed by atoms with E-state index in [0.717, 1.165) is 19.5 Å². The lowest BCUT2D eigenvalue weighted by Gasteiger charge is -2.02. The van der Waals surface area contributed by atoms with Gasteiger partial charge in [-0.1, -0.05) is 19.1 Å². The Labute approximate surface area is 123 Å². The number of benzene rings is 1. The van der Waals surface area contributed by atoms with E-state index in [9.17, 15) is 10.1 Å². The summed E-state index contributed by atoms with van der Waals surface area (Å²) in [6, 6.07) is 5.18. The minimum atomic E-state index is -0.379. The van der Waals surface area contributed by atoms with Crippen LogP contribution in [0.4, 0.5) is 5.69 Å². The molecular weight excluding hydrogens is 270 g/mol. The zero-order chi connectivity index (χ0) is 15.2. The maximum atomic E-state index is 11.2. The van der Waals surface area contributed by atoms with Crippen molar-refractivity contribution in [3.05, 3.63) is 46.0 Å². The van der Waals surface area contributed by atoms with Crippen LogP contribution in [0.15, 0.2) is 28.8 Å². The summed E-state index contributed by atoms with van der Waals surface area (Å²) in [6.07, 6.45) is 3.29. The highest BCUT2D eigenvalue weighted by atomic mass is 16.6. The summed E-state index contributed by atoms with van der Waals surface area (Å²) in [5.41, 5.74) is 1.16. The zero-order valence-electron chi connectivity index (χ0n) is 12.3. The third-order valence-corrected chi connectivity index (χ3v) is 3.18. The van der Waals surface area contributed by atoms with Gasteiger partial charge in [0.2, 0.25) is 0 Å². The molecule has 0 bridgehead atoms. The molecule has 0 saturated heterocycles. The molecule has 0 aliphatic heterocycles. The first-order chi connectivity index (χ1) is 10.1. The Kier molecular flexibility index (Phi) is 5.05. The average molecular weight is 289 g/mol. The van der Waals surface area contributed by atoms with Gasteiger partial charge in [-0.25, -0.2) is 4.98 Å². The highest BCUT2D eigenvalue weighted by Crippen LogP contribution is 2.32. The minimum Gasteiger partial charge on any atom is -0.440 e. The van der Waals surface area contributed by atoms with Gasteiger partial charge in [0.05, 0.1) is 16.7 Å². The second-order valence-electron chi connectivity index (χ2n) is 4.85. The van der Waals surface area contributed by atoms with E-state index in [4.69, 9.17) is 4.42 Å². The lowest BCUT2D eigenvalue weighted by atomic mass is 10.1. The van der Waals surface area contributed by atoms with E-state index in [1.165, 1.54) is 0 Å². The van der Waals surface area contributed by atoms with Crippen LogP contribution in [0, 0.1) is 17.0 Å². The highest BCUT2D eigenvalue weighted by Gasteiger charge is 2.20. The van der Waals surface area contributed by atoms with Crippen LogP contribution in [-0.2, 0) is 6.42 Å². The maximum Gasteiger partial charge on any atom is 0.283 e. The topological polar surface area (TPSA) is 81.2 Å². The first kappa shape index (κ1) is 15.2. The molecule has 112 valence electrons. The zero-order valence-corrected chi connectivity index (χ0v) is 12.3. The molecule has 6 nitrogen and oxygen atoms in total. The Bertz CT molecular complexity index is 622. The smallest absolute Gasteiger partial charge is 0.283 e. The van der Waals surface area contributed by atoms with Gasteiger partial charge in [-0.2, -0.15) is 0 Å². The van der Waals surface area contributed by atoms with Gasteiger partial charge in [-0.05, 0) is 26.0 Å². The SMILES string of the molecule is CCCNCCc1ncc(-c2cccc(C)c2[N+](=O)[O-])o1. The summed E-state index contributed by atoms with van der Waals surface area (Å²) in [5, 5.41) is 14.5. The highest BCUT2D eigenvalue weighted by molar-refractivity contribution is 5.71. The van der Waals surface area contributed by atoms with Gasteiger partial charge in [-0.15, -0.1) is 0 Å². The second kappa shape index (κ2) is 6.99. The lowest BCUT2D eigenvalue weighted by Crippen LogP contribution is -2.17. The fraction of sp³-hybridized carbons (Fsp3) is 0.400. The molecule has 0 aliphatic rings. The minimum absolute atomic E-state index is 0.0734. The monoisotopic (exact) mass is 289 g/mol. The van der Waals surface area contributed by atoms with Crippen LogP contribution < -0.4 is 5.32 Å². The summed E-state index contributed by atoms with van der Waals surface area (Å²) >= 11 is 0. The van der Waals surface area contributed by atoms with Crippen LogP contribution in [-0.4, -0.2) is 23.0 Å². The first-order valence-corrected chi connectivity index (χ1v) is 7.03. The van der Waals surface area contributed by atoms with Gasteiger partial charge in [0.25, 0.3) is 5.69 Å². The van der Waals surface area contributed by atoms with E-state index < -0.39 is 0 Å². The fourth-order valence-corrected chi connectivity index (χ4v) is 2.15. The summed E-state index contributed by atoms with van der Waals surface area (Å²) in [7, 11) is 0. The number of nitro groups is 1. The Morgan fingerprint density at radius 3 is 2.90 bits per heavy atom. The second-order valence-corrected chi connectivity index (χ2v) is 4.85. The molecule has 2 aromatic rings. The van der Waals surface area contributed by atoms with Crippen molar-refractivity contribution in [3.8, 4) is 11.3 Å². The number of aryl methyl sites for hydroxylation is 1. The average Bonchev–Trinajstić information content (AvgIpc) is 2.91. The molecule has 0 spiro atoms. The summed E-state index contributed by atoms with van der Waals surface area (Å²) < 4.78 is 5.64. The number of nitrogens with zero attached hydrogens (tertiary/aromatic N) is 2. The molecule has 0 atom stereocenters. The van der Waals surface area contributed by atoms with Crippen molar-refractivity contribution in [2.75, 3.05) is 13.1 Å². The summed E-state index contributed by atoms with van der Waals surface area (Å²) in [6.45, 7) is 5.56. The molecule has 6 heteroatoms.